The highest BCUT2D eigenvalue weighted by atomic mass is 32.2. The summed E-state index contributed by atoms with van der Waals surface area (Å²) < 4.78 is 30.1. The number of primary amides is 1. The minimum absolute atomic E-state index is 0.112. The SMILES string of the molecule is CNS(=O)(=O)c1ccc(CNCCCC(N)=O)o1. The fourth-order valence-corrected chi connectivity index (χ4v) is 1.96. The van der Waals surface area contributed by atoms with Crippen molar-refractivity contribution in [1.29, 1.82) is 0 Å². The van der Waals surface area contributed by atoms with Crippen molar-refractivity contribution in [2.45, 2.75) is 24.5 Å². The van der Waals surface area contributed by atoms with E-state index in [2.05, 4.69) is 10.0 Å². The molecule has 0 aromatic carbocycles. The van der Waals surface area contributed by atoms with E-state index in [0.29, 0.717) is 31.7 Å². The maximum atomic E-state index is 11.4. The first-order valence-corrected chi connectivity index (χ1v) is 6.95. The number of nitrogens with two attached hydrogens (primary N) is 1. The van der Waals surface area contributed by atoms with E-state index in [1.54, 1.807) is 6.07 Å². The fourth-order valence-electron chi connectivity index (χ4n) is 1.30. The number of carbonyl (C=O) groups excluding carboxylic acids is 1. The Balaban J connectivity index is 2.39. The van der Waals surface area contributed by atoms with Gasteiger partial charge in [-0.3, -0.25) is 4.79 Å². The number of hydrogen-bond acceptors (Lipinski definition) is 5. The molecule has 102 valence electrons. The Kier molecular flexibility index (Phi) is 5.32. The first-order valence-electron chi connectivity index (χ1n) is 5.47. The van der Waals surface area contributed by atoms with Crippen molar-refractivity contribution >= 4 is 15.9 Å². The lowest BCUT2D eigenvalue weighted by molar-refractivity contribution is -0.118. The number of carbonyl (C=O) groups is 1. The van der Waals surface area contributed by atoms with E-state index in [1.807, 2.05) is 0 Å². The molecule has 0 spiro atoms. The second-order valence-electron chi connectivity index (χ2n) is 3.67. The molecule has 1 heterocycles. The fraction of sp³-hybridized carbons (Fsp3) is 0.500. The number of sulfonamides is 1. The van der Waals surface area contributed by atoms with Crippen LogP contribution in [-0.4, -0.2) is 27.9 Å². The first kappa shape index (κ1) is 14.7. The number of nitrogens with one attached hydrogen (secondary N) is 2. The van der Waals surface area contributed by atoms with Gasteiger partial charge in [-0.1, -0.05) is 0 Å². The second kappa shape index (κ2) is 6.53. The molecule has 0 unspecified atom stereocenters. The molecule has 4 N–H and O–H groups in total. The van der Waals surface area contributed by atoms with Crippen LogP contribution in [0.5, 0.6) is 0 Å². The molecule has 0 aliphatic carbocycles. The monoisotopic (exact) mass is 275 g/mol. The Morgan fingerprint density at radius 1 is 1.44 bits per heavy atom. The summed E-state index contributed by atoms with van der Waals surface area (Å²) in [6.45, 7) is 1.01. The van der Waals surface area contributed by atoms with E-state index < -0.39 is 10.0 Å². The van der Waals surface area contributed by atoms with Gasteiger partial charge in [-0.05, 0) is 32.1 Å². The molecule has 0 aliphatic rings. The average molecular weight is 275 g/mol. The molecule has 8 heteroatoms. The van der Waals surface area contributed by atoms with Crippen LogP contribution in [0.3, 0.4) is 0 Å². The second-order valence-corrected chi connectivity index (χ2v) is 5.49. The van der Waals surface area contributed by atoms with Gasteiger partial charge in [0, 0.05) is 6.42 Å². The molecule has 1 aromatic heterocycles. The average Bonchev–Trinajstić information content (AvgIpc) is 2.77. The van der Waals surface area contributed by atoms with E-state index >= 15 is 0 Å². The summed E-state index contributed by atoms with van der Waals surface area (Å²) in [5.41, 5.74) is 4.99. The summed E-state index contributed by atoms with van der Waals surface area (Å²) in [5, 5.41) is 2.91. The third kappa shape index (κ3) is 4.47. The minimum Gasteiger partial charge on any atom is -0.447 e. The van der Waals surface area contributed by atoms with Gasteiger partial charge in [-0.2, -0.15) is 0 Å². The van der Waals surface area contributed by atoms with Gasteiger partial charge in [0.05, 0.1) is 6.54 Å². The van der Waals surface area contributed by atoms with Crippen molar-refractivity contribution < 1.29 is 17.6 Å². The van der Waals surface area contributed by atoms with Gasteiger partial charge >= 0.3 is 0 Å². The van der Waals surface area contributed by atoms with Gasteiger partial charge < -0.3 is 15.5 Å². The topological polar surface area (TPSA) is 114 Å². The van der Waals surface area contributed by atoms with Gasteiger partial charge in [-0.25, -0.2) is 13.1 Å². The van der Waals surface area contributed by atoms with Crippen molar-refractivity contribution in [3.05, 3.63) is 17.9 Å². The van der Waals surface area contributed by atoms with E-state index in [1.165, 1.54) is 13.1 Å². The summed E-state index contributed by atoms with van der Waals surface area (Å²) in [7, 11) is -2.21. The van der Waals surface area contributed by atoms with Crippen LogP contribution in [0.2, 0.25) is 0 Å². The van der Waals surface area contributed by atoms with Crippen LogP contribution in [0.15, 0.2) is 21.6 Å². The maximum absolute atomic E-state index is 11.4. The molecular formula is C10H17N3O4S. The van der Waals surface area contributed by atoms with Crippen molar-refractivity contribution in [3.8, 4) is 0 Å². The predicted octanol–water partition coefficient (Wildman–Crippen LogP) is -0.457. The molecule has 0 aliphatic heterocycles. The molecule has 0 atom stereocenters. The summed E-state index contributed by atoms with van der Waals surface area (Å²) in [4.78, 5) is 10.5. The first-order chi connectivity index (χ1) is 8.45. The van der Waals surface area contributed by atoms with Crippen molar-refractivity contribution in [3.63, 3.8) is 0 Å². The summed E-state index contributed by atoms with van der Waals surface area (Å²) in [6, 6.07) is 2.98. The van der Waals surface area contributed by atoms with Gasteiger partial charge in [0.2, 0.25) is 11.0 Å². The largest absolute Gasteiger partial charge is 0.447 e. The predicted molar refractivity (Wildman–Crippen MR) is 65.1 cm³/mol. The Bertz CT molecular complexity index is 495. The van der Waals surface area contributed by atoms with Crippen LogP contribution in [0.25, 0.3) is 0 Å². The van der Waals surface area contributed by atoms with Crippen LogP contribution >= 0.6 is 0 Å². The Morgan fingerprint density at radius 3 is 2.78 bits per heavy atom. The van der Waals surface area contributed by atoms with Crippen molar-refractivity contribution in [1.82, 2.24) is 10.0 Å². The summed E-state index contributed by atoms with van der Waals surface area (Å²) in [6.07, 6.45) is 0.961. The Morgan fingerprint density at radius 2 is 2.17 bits per heavy atom. The number of rotatable bonds is 8. The van der Waals surface area contributed by atoms with Gasteiger partial charge in [0.15, 0.2) is 0 Å². The molecule has 18 heavy (non-hydrogen) atoms. The quantitative estimate of drug-likeness (QED) is 0.555. The molecule has 0 fully saturated rings. The molecule has 1 amide bonds. The van der Waals surface area contributed by atoms with E-state index in [0.717, 1.165) is 0 Å². The molecule has 7 nitrogen and oxygen atoms in total. The van der Waals surface area contributed by atoms with Crippen molar-refractivity contribution in [2.24, 2.45) is 5.73 Å². The Hall–Kier alpha value is -1.38. The lowest BCUT2D eigenvalue weighted by atomic mass is 10.3. The number of furan rings is 1. The maximum Gasteiger partial charge on any atom is 0.273 e. The van der Waals surface area contributed by atoms with Crippen LogP contribution in [0.1, 0.15) is 18.6 Å². The highest BCUT2D eigenvalue weighted by molar-refractivity contribution is 7.89. The van der Waals surface area contributed by atoms with Gasteiger partial charge in [0.25, 0.3) is 10.0 Å². The zero-order valence-corrected chi connectivity index (χ0v) is 10.9. The zero-order valence-electron chi connectivity index (χ0n) is 10.1. The Labute approximate surface area is 106 Å². The summed E-state index contributed by atoms with van der Waals surface area (Å²) in [5.74, 6) is 0.181. The third-order valence-electron chi connectivity index (χ3n) is 2.25. The molecule has 0 radical (unpaired) electrons. The number of hydrogen-bond donors (Lipinski definition) is 3. The molecule has 1 aromatic rings. The molecule has 0 saturated carbocycles. The smallest absolute Gasteiger partial charge is 0.273 e. The van der Waals surface area contributed by atoms with Crippen LogP contribution < -0.4 is 15.8 Å². The lowest BCUT2D eigenvalue weighted by Crippen LogP contribution is -2.18. The van der Waals surface area contributed by atoms with Crippen molar-refractivity contribution in [2.75, 3.05) is 13.6 Å². The molecule has 1 rings (SSSR count). The van der Waals surface area contributed by atoms with Gasteiger partial charge in [0.1, 0.15) is 5.76 Å². The molecule has 0 bridgehead atoms. The van der Waals surface area contributed by atoms with Crippen LogP contribution in [0, 0.1) is 0 Å². The highest BCUT2D eigenvalue weighted by Crippen LogP contribution is 2.12. The standard InChI is InChI=1S/C10H17N3O4S/c1-12-18(15,16)10-5-4-8(17-10)7-13-6-2-3-9(11)14/h4-5,12-13H,2-3,6-7H2,1H3,(H2,11,14). The minimum atomic E-state index is -3.53. The van der Waals surface area contributed by atoms with E-state index in [-0.39, 0.29) is 11.0 Å². The third-order valence-corrected chi connectivity index (χ3v) is 3.53. The zero-order chi connectivity index (χ0) is 13.6. The molecular weight excluding hydrogens is 258 g/mol. The normalized spacial score (nSPS) is 11.6. The lowest BCUT2D eigenvalue weighted by Gasteiger charge is -2.01. The van der Waals surface area contributed by atoms with E-state index in [9.17, 15) is 13.2 Å². The van der Waals surface area contributed by atoms with E-state index in [4.69, 9.17) is 10.2 Å². The van der Waals surface area contributed by atoms with Crippen LogP contribution in [0.4, 0.5) is 0 Å². The number of amides is 1. The van der Waals surface area contributed by atoms with Gasteiger partial charge in [-0.15, -0.1) is 0 Å². The molecule has 0 saturated heterocycles. The summed E-state index contributed by atoms with van der Waals surface area (Å²) >= 11 is 0. The highest BCUT2D eigenvalue weighted by Gasteiger charge is 2.15. The van der Waals surface area contributed by atoms with Crippen LogP contribution in [-0.2, 0) is 21.4 Å².